The van der Waals surface area contributed by atoms with Crippen molar-refractivity contribution in [2.24, 2.45) is 0 Å². The monoisotopic (exact) mass is 287 g/mol. The Kier molecular flexibility index (Phi) is 4.70. The van der Waals surface area contributed by atoms with Gasteiger partial charge in [-0.05, 0) is 50.3 Å². The maximum atomic E-state index is 12.5. The Balaban J connectivity index is 1.94. The molecular weight excluding hydrogens is 267 g/mol. The van der Waals surface area contributed by atoms with Crippen molar-refractivity contribution in [3.63, 3.8) is 0 Å². The van der Waals surface area contributed by atoms with Crippen LogP contribution in [0.2, 0.25) is 0 Å². The highest BCUT2D eigenvalue weighted by atomic mass is 19.4. The van der Waals surface area contributed by atoms with Crippen LogP contribution in [0.15, 0.2) is 24.3 Å². The fourth-order valence-corrected chi connectivity index (χ4v) is 2.65. The molecule has 2 rings (SSSR count). The van der Waals surface area contributed by atoms with Gasteiger partial charge in [0.05, 0.1) is 11.7 Å². The van der Waals surface area contributed by atoms with Crippen LogP contribution < -0.4 is 5.32 Å². The number of alkyl halides is 3. The second kappa shape index (κ2) is 6.14. The maximum Gasteiger partial charge on any atom is 0.416 e. The number of aliphatic hydroxyl groups excluding tert-OH is 1. The summed E-state index contributed by atoms with van der Waals surface area (Å²) in [4.78, 5) is 0. The zero-order valence-electron chi connectivity index (χ0n) is 11.5. The topological polar surface area (TPSA) is 32.3 Å². The highest BCUT2D eigenvalue weighted by molar-refractivity contribution is 5.26. The third-order valence-corrected chi connectivity index (χ3v) is 3.92. The third-order valence-electron chi connectivity index (χ3n) is 3.92. The van der Waals surface area contributed by atoms with E-state index in [1.807, 2.05) is 6.92 Å². The molecule has 5 heteroatoms. The lowest BCUT2D eigenvalue weighted by molar-refractivity contribution is -0.137. The van der Waals surface area contributed by atoms with Crippen LogP contribution in [0.4, 0.5) is 13.2 Å². The van der Waals surface area contributed by atoms with E-state index in [1.165, 1.54) is 12.1 Å². The van der Waals surface area contributed by atoms with Gasteiger partial charge in [0.2, 0.25) is 0 Å². The van der Waals surface area contributed by atoms with Crippen LogP contribution in [0.1, 0.15) is 49.8 Å². The standard InChI is InChI=1S/C15H20F3NO/c1-10(19-13-6-8-14(20)9-7-13)11-2-4-12(5-3-11)15(16,17)18/h2-5,10,13-14,19-20H,6-9H2,1H3. The second-order valence-electron chi connectivity index (χ2n) is 5.51. The summed E-state index contributed by atoms with van der Waals surface area (Å²) in [6.45, 7) is 1.95. The van der Waals surface area contributed by atoms with E-state index in [9.17, 15) is 18.3 Å². The first-order chi connectivity index (χ1) is 9.36. The summed E-state index contributed by atoms with van der Waals surface area (Å²) in [7, 11) is 0. The molecule has 112 valence electrons. The minimum Gasteiger partial charge on any atom is -0.393 e. The molecule has 1 aromatic rings. The van der Waals surface area contributed by atoms with Crippen LogP contribution >= 0.6 is 0 Å². The van der Waals surface area contributed by atoms with Crippen LogP contribution in [0.5, 0.6) is 0 Å². The summed E-state index contributed by atoms with van der Waals surface area (Å²) in [6.07, 6.45) is -1.09. The van der Waals surface area contributed by atoms with Gasteiger partial charge in [-0.3, -0.25) is 0 Å². The minimum atomic E-state index is -4.28. The van der Waals surface area contributed by atoms with Gasteiger partial charge in [0.1, 0.15) is 0 Å². The lowest BCUT2D eigenvalue weighted by Gasteiger charge is -2.29. The second-order valence-corrected chi connectivity index (χ2v) is 5.51. The van der Waals surface area contributed by atoms with Crippen molar-refractivity contribution in [3.05, 3.63) is 35.4 Å². The Morgan fingerprint density at radius 3 is 2.15 bits per heavy atom. The molecule has 0 heterocycles. The summed E-state index contributed by atoms with van der Waals surface area (Å²) in [5, 5.41) is 12.9. The van der Waals surface area contributed by atoms with Crippen LogP contribution in [0.25, 0.3) is 0 Å². The first kappa shape index (κ1) is 15.3. The molecule has 1 saturated carbocycles. The molecule has 0 bridgehead atoms. The van der Waals surface area contributed by atoms with Gasteiger partial charge in [-0.1, -0.05) is 12.1 Å². The predicted molar refractivity (Wildman–Crippen MR) is 71.3 cm³/mol. The molecule has 0 saturated heterocycles. The molecule has 0 radical (unpaired) electrons. The van der Waals surface area contributed by atoms with E-state index in [-0.39, 0.29) is 12.1 Å². The van der Waals surface area contributed by atoms with Gasteiger partial charge in [-0.25, -0.2) is 0 Å². The largest absolute Gasteiger partial charge is 0.416 e. The number of nitrogens with one attached hydrogen (secondary N) is 1. The molecule has 0 amide bonds. The van der Waals surface area contributed by atoms with Crippen LogP contribution in [-0.2, 0) is 6.18 Å². The van der Waals surface area contributed by atoms with Gasteiger partial charge in [-0.2, -0.15) is 13.2 Å². The highest BCUT2D eigenvalue weighted by Crippen LogP contribution is 2.30. The predicted octanol–water partition coefficient (Wildman–Crippen LogP) is 3.66. The molecule has 0 spiro atoms. The number of halogens is 3. The van der Waals surface area contributed by atoms with Crippen molar-refractivity contribution in [1.82, 2.24) is 5.32 Å². The van der Waals surface area contributed by atoms with Crippen molar-refractivity contribution in [2.45, 2.75) is 57.0 Å². The Hall–Kier alpha value is -1.07. The normalized spacial score (nSPS) is 25.4. The lowest BCUT2D eigenvalue weighted by atomic mass is 9.92. The number of hydrogen-bond donors (Lipinski definition) is 2. The van der Waals surface area contributed by atoms with Gasteiger partial charge in [0, 0.05) is 12.1 Å². The highest BCUT2D eigenvalue weighted by Gasteiger charge is 2.30. The maximum absolute atomic E-state index is 12.5. The van der Waals surface area contributed by atoms with Crippen molar-refractivity contribution in [2.75, 3.05) is 0 Å². The molecule has 1 aliphatic carbocycles. The fraction of sp³-hybridized carbons (Fsp3) is 0.600. The summed E-state index contributed by atoms with van der Waals surface area (Å²) in [5.41, 5.74) is 0.235. The van der Waals surface area contributed by atoms with Crippen molar-refractivity contribution < 1.29 is 18.3 Å². The average molecular weight is 287 g/mol. The smallest absolute Gasteiger partial charge is 0.393 e. The zero-order chi connectivity index (χ0) is 14.8. The van der Waals surface area contributed by atoms with Gasteiger partial charge in [0.15, 0.2) is 0 Å². The van der Waals surface area contributed by atoms with Crippen molar-refractivity contribution >= 4 is 0 Å². The van der Waals surface area contributed by atoms with Crippen molar-refractivity contribution in [3.8, 4) is 0 Å². The number of aliphatic hydroxyl groups is 1. The quantitative estimate of drug-likeness (QED) is 0.889. The molecule has 0 aliphatic heterocycles. The molecule has 1 aromatic carbocycles. The Morgan fingerprint density at radius 1 is 1.10 bits per heavy atom. The molecule has 1 atom stereocenters. The number of benzene rings is 1. The number of rotatable bonds is 3. The van der Waals surface area contributed by atoms with Crippen molar-refractivity contribution in [1.29, 1.82) is 0 Å². The van der Waals surface area contributed by atoms with Gasteiger partial charge in [-0.15, -0.1) is 0 Å². The van der Waals surface area contributed by atoms with Gasteiger partial charge in [0.25, 0.3) is 0 Å². The molecule has 1 fully saturated rings. The molecule has 2 nitrogen and oxygen atoms in total. The van der Waals surface area contributed by atoms with Gasteiger partial charge >= 0.3 is 6.18 Å². The van der Waals surface area contributed by atoms with Crippen LogP contribution in [0.3, 0.4) is 0 Å². The summed E-state index contributed by atoms with van der Waals surface area (Å²) >= 11 is 0. The molecule has 20 heavy (non-hydrogen) atoms. The van der Waals surface area contributed by atoms with E-state index in [2.05, 4.69) is 5.32 Å². The van der Waals surface area contributed by atoms with E-state index < -0.39 is 11.7 Å². The lowest BCUT2D eigenvalue weighted by Crippen LogP contribution is -2.36. The fourth-order valence-electron chi connectivity index (χ4n) is 2.65. The first-order valence-electron chi connectivity index (χ1n) is 6.97. The average Bonchev–Trinajstić information content (AvgIpc) is 2.40. The molecule has 2 N–H and O–H groups in total. The summed E-state index contributed by atoms with van der Waals surface area (Å²) < 4.78 is 37.5. The SMILES string of the molecule is CC(NC1CCC(O)CC1)c1ccc(C(F)(F)F)cc1. The van der Waals surface area contributed by atoms with E-state index >= 15 is 0 Å². The third kappa shape index (κ3) is 3.96. The van der Waals surface area contributed by atoms with E-state index in [0.29, 0.717) is 6.04 Å². The minimum absolute atomic E-state index is 0.0116. The molecule has 0 aromatic heterocycles. The molecule has 1 unspecified atom stereocenters. The van der Waals surface area contributed by atoms with E-state index in [1.54, 1.807) is 0 Å². The zero-order valence-corrected chi connectivity index (χ0v) is 11.5. The summed E-state index contributed by atoms with van der Waals surface area (Å²) in [6, 6.07) is 5.64. The van der Waals surface area contributed by atoms with Crippen LogP contribution in [0, 0.1) is 0 Å². The van der Waals surface area contributed by atoms with E-state index in [4.69, 9.17) is 0 Å². The first-order valence-corrected chi connectivity index (χ1v) is 6.97. The Morgan fingerprint density at radius 2 is 1.65 bits per heavy atom. The molecule has 1 aliphatic rings. The van der Waals surface area contributed by atoms with Gasteiger partial charge < -0.3 is 10.4 Å². The Bertz CT molecular complexity index is 422. The molecular formula is C15H20F3NO. The van der Waals surface area contributed by atoms with E-state index in [0.717, 1.165) is 43.4 Å². The number of hydrogen-bond acceptors (Lipinski definition) is 2. The van der Waals surface area contributed by atoms with Crippen LogP contribution in [-0.4, -0.2) is 17.3 Å². The Labute approximate surface area is 117 Å². The summed E-state index contributed by atoms with van der Waals surface area (Å²) in [5.74, 6) is 0.